The number of aromatic nitrogens is 2. The number of rotatable bonds is 4. The molecular formula is C18H15F2N3O3. The van der Waals surface area contributed by atoms with Crippen LogP contribution in [0.3, 0.4) is 0 Å². The number of hydrogen-bond donors (Lipinski definition) is 1. The maximum Gasteiger partial charge on any atom is 0.359 e. The van der Waals surface area contributed by atoms with Crippen molar-refractivity contribution in [2.75, 3.05) is 5.32 Å². The molecule has 3 aromatic rings. The molecule has 6 nitrogen and oxygen atoms in total. The van der Waals surface area contributed by atoms with Crippen LogP contribution in [0.25, 0.3) is 5.65 Å². The lowest BCUT2D eigenvalue weighted by atomic mass is 10.2. The quantitative estimate of drug-likeness (QED) is 0.727. The first-order valence-electron chi connectivity index (χ1n) is 7.76. The van der Waals surface area contributed by atoms with Crippen LogP contribution in [0.5, 0.6) is 0 Å². The molecule has 1 N–H and O–H groups in total. The van der Waals surface area contributed by atoms with Crippen LogP contribution in [0.1, 0.15) is 23.0 Å². The molecule has 1 amide bonds. The predicted octanol–water partition coefficient (Wildman–Crippen LogP) is 3.10. The summed E-state index contributed by atoms with van der Waals surface area (Å²) < 4.78 is 33.4. The Bertz CT molecular complexity index is 1000. The van der Waals surface area contributed by atoms with Gasteiger partial charge in [-0.25, -0.2) is 18.6 Å². The molecular weight excluding hydrogens is 344 g/mol. The lowest BCUT2D eigenvalue weighted by Gasteiger charge is -2.13. The number of fused-ring (bicyclic) bond motifs is 1. The third-order valence-electron chi connectivity index (χ3n) is 3.66. The summed E-state index contributed by atoms with van der Waals surface area (Å²) in [6, 6.07) is 6.30. The third kappa shape index (κ3) is 3.69. The smallest absolute Gasteiger partial charge is 0.359 e. The Morgan fingerprint density at radius 3 is 2.77 bits per heavy atom. The molecule has 2 heterocycles. The number of hydrogen-bond acceptors (Lipinski definition) is 4. The van der Waals surface area contributed by atoms with Crippen molar-refractivity contribution in [1.29, 1.82) is 0 Å². The van der Waals surface area contributed by atoms with Gasteiger partial charge in [-0.15, -0.1) is 0 Å². The van der Waals surface area contributed by atoms with Crippen molar-refractivity contribution in [1.82, 2.24) is 9.38 Å². The number of aryl methyl sites for hydroxylation is 1. The van der Waals surface area contributed by atoms with E-state index in [9.17, 15) is 18.4 Å². The van der Waals surface area contributed by atoms with Crippen LogP contribution in [-0.4, -0.2) is 27.4 Å². The van der Waals surface area contributed by atoms with Gasteiger partial charge in [-0.3, -0.25) is 4.79 Å². The zero-order valence-electron chi connectivity index (χ0n) is 14.0. The second kappa shape index (κ2) is 6.91. The van der Waals surface area contributed by atoms with Crippen molar-refractivity contribution < 1.29 is 23.1 Å². The van der Waals surface area contributed by atoms with E-state index in [0.717, 1.165) is 23.8 Å². The van der Waals surface area contributed by atoms with Crippen molar-refractivity contribution in [3.05, 3.63) is 65.6 Å². The molecule has 0 radical (unpaired) electrons. The normalized spacial score (nSPS) is 12.0. The van der Waals surface area contributed by atoms with Gasteiger partial charge in [0.1, 0.15) is 17.3 Å². The number of nitrogens with one attached hydrogen (secondary N) is 1. The summed E-state index contributed by atoms with van der Waals surface area (Å²) in [7, 11) is 0. The number of esters is 1. The number of halogens is 2. The fourth-order valence-corrected chi connectivity index (χ4v) is 2.28. The van der Waals surface area contributed by atoms with E-state index in [2.05, 4.69) is 10.3 Å². The molecule has 0 bridgehead atoms. The van der Waals surface area contributed by atoms with Crippen LogP contribution in [0.4, 0.5) is 14.5 Å². The number of carbonyl (C=O) groups excluding carboxylic acids is 2. The van der Waals surface area contributed by atoms with Gasteiger partial charge < -0.3 is 14.5 Å². The first kappa shape index (κ1) is 17.5. The summed E-state index contributed by atoms with van der Waals surface area (Å²) in [5.41, 5.74) is 1.25. The number of imidazole rings is 1. The zero-order chi connectivity index (χ0) is 18.8. The summed E-state index contributed by atoms with van der Waals surface area (Å²) in [6.45, 7) is 3.22. The van der Waals surface area contributed by atoms with E-state index in [1.54, 1.807) is 16.7 Å². The minimum Gasteiger partial charge on any atom is -0.448 e. The van der Waals surface area contributed by atoms with Crippen molar-refractivity contribution >= 4 is 23.2 Å². The van der Waals surface area contributed by atoms with Gasteiger partial charge in [0, 0.05) is 18.5 Å². The number of ether oxygens (including phenoxy) is 1. The molecule has 0 saturated heterocycles. The highest BCUT2D eigenvalue weighted by molar-refractivity contribution is 5.97. The van der Waals surface area contributed by atoms with Crippen LogP contribution < -0.4 is 5.32 Å². The van der Waals surface area contributed by atoms with Gasteiger partial charge in [-0.1, -0.05) is 0 Å². The van der Waals surface area contributed by atoms with Crippen molar-refractivity contribution in [2.45, 2.75) is 20.0 Å². The highest BCUT2D eigenvalue weighted by Gasteiger charge is 2.22. The highest BCUT2D eigenvalue weighted by atomic mass is 19.1. The SMILES string of the molecule is Cc1ccn2cc(C(=O)OC(C)C(=O)Nc3cc(F)ccc3F)nc2c1. The van der Waals surface area contributed by atoms with Gasteiger partial charge in [-0.2, -0.15) is 0 Å². The van der Waals surface area contributed by atoms with Crippen molar-refractivity contribution in [2.24, 2.45) is 0 Å². The molecule has 0 saturated carbocycles. The fraction of sp³-hybridized carbons (Fsp3) is 0.167. The van der Waals surface area contributed by atoms with E-state index in [4.69, 9.17) is 4.74 Å². The molecule has 0 fully saturated rings. The van der Waals surface area contributed by atoms with Gasteiger partial charge in [0.15, 0.2) is 11.8 Å². The van der Waals surface area contributed by atoms with Crippen LogP contribution in [-0.2, 0) is 9.53 Å². The molecule has 26 heavy (non-hydrogen) atoms. The zero-order valence-corrected chi connectivity index (χ0v) is 14.0. The first-order valence-corrected chi connectivity index (χ1v) is 7.76. The molecule has 8 heteroatoms. The summed E-state index contributed by atoms with van der Waals surface area (Å²) in [5, 5.41) is 2.18. The summed E-state index contributed by atoms with van der Waals surface area (Å²) >= 11 is 0. The molecule has 1 aromatic carbocycles. The number of benzene rings is 1. The van der Waals surface area contributed by atoms with Crippen LogP contribution in [0, 0.1) is 18.6 Å². The summed E-state index contributed by atoms with van der Waals surface area (Å²) in [4.78, 5) is 28.4. The monoisotopic (exact) mass is 359 g/mol. The predicted molar refractivity (Wildman–Crippen MR) is 89.8 cm³/mol. The van der Waals surface area contributed by atoms with Crippen LogP contribution in [0.15, 0.2) is 42.7 Å². The van der Waals surface area contributed by atoms with E-state index in [-0.39, 0.29) is 11.4 Å². The maximum absolute atomic E-state index is 13.6. The van der Waals surface area contributed by atoms with Gasteiger partial charge in [0.05, 0.1) is 5.69 Å². The molecule has 1 atom stereocenters. The van der Waals surface area contributed by atoms with Gasteiger partial charge in [0.2, 0.25) is 0 Å². The van der Waals surface area contributed by atoms with E-state index >= 15 is 0 Å². The van der Waals surface area contributed by atoms with E-state index in [0.29, 0.717) is 5.65 Å². The van der Waals surface area contributed by atoms with Crippen molar-refractivity contribution in [3.8, 4) is 0 Å². The summed E-state index contributed by atoms with van der Waals surface area (Å²) in [5.74, 6) is -3.09. The Kier molecular flexibility index (Phi) is 4.66. The van der Waals surface area contributed by atoms with E-state index in [1.807, 2.05) is 13.0 Å². The van der Waals surface area contributed by atoms with Crippen LogP contribution in [0.2, 0.25) is 0 Å². The number of pyridine rings is 1. The minimum atomic E-state index is -1.23. The Morgan fingerprint density at radius 1 is 1.23 bits per heavy atom. The first-order chi connectivity index (χ1) is 12.3. The third-order valence-corrected chi connectivity index (χ3v) is 3.66. The number of nitrogens with zero attached hydrogens (tertiary/aromatic N) is 2. The van der Waals surface area contributed by atoms with Gasteiger partial charge >= 0.3 is 5.97 Å². The molecule has 0 spiro atoms. The Labute approximate surface area is 147 Å². The number of carbonyl (C=O) groups is 2. The lowest BCUT2D eigenvalue weighted by Crippen LogP contribution is -2.30. The molecule has 2 aromatic heterocycles. The molecule has 0 aliphatic carbocycles. The average molecular weight is 359 g/mol. The maximum atomic E-state index is 13.6. The fourth-order valence-electron chi connectivity index (χ4n) is 2.28. The highest BCUT2D eigenvalue weighted by Crippen LogP contribution is 2.16. The second-order valence-corrected chi connectivity index (χ2v) is 5.76. The average Bonchev–Trinajstić information content (AvgIpc) is 3.01. The second-order valence-electron chi connectivity index (χ2n) is 5.76. The van der Waals surface area contributed by atoms with E-state index < -0.39 is 29.6 Å². The molecule has 0 aliphatic heterocycles. The minimum absolute atomic E-state index is 0.0344. The topological polar surface area (TPSA) is 72.7 Å². The summed E-state index contributed by atoms with van der Waals surface area (Å²) in [6.07, 6.45) is 2.00. The van der Waals surface area contributed by atoms with E-state index in [1.165, 1.54) is 13.1 Å². The molecule has 1 unspecified atom stereocenters. The molecule has 0 aliphatic rings. The number of anilines is 1. The van der Waals surface area contributed by atoms with Gasteiger partial charge in [0.25, 0.3) is 5.91 Å². The lowest BCUT2D eigenvalue weighted by molar-refractivity contribution is -0.123. The van der Waals surface area contributed by atoms with Crippen LogP contribution >= 0.6 is 0 Å². The molecule has 3 rings (SSSR count). The molecule has 134 valence electrons. The largest absolute Gasteiger partial charge is 0.448 e. The standard InChI is InChI=1S/C18H15F2N3O3/c1-10-5-6-23-9-15(21-16(23)7-10)18(25)26-11(2)17(24)22-14-8-12(19)3-4-13(14)20/h3-9,11H,1-2H3,(H,22,24). The van der Waals surface area contributed by atoms with Crippen molar-refractivity contribution in [3.63, 3.8) is 0 Å². The Morgan fingerprint density at radius 2 is 2.00 bits per heavy atom. The Balaban J connectivity index is 1.69. The number of amides is 1. The Hall–Kier alpha value is -3.29. The van der Waals surface area contributed by atoms with Gasteiger partial charge in [-0.05, 0) is 43.7 Å².